The summed E-state index contributed by atoms with van der Waals surface area (Å²) >= 11 is 3.34. The van der Waals surface area contributed by atoms with Crippen molar-refractivity contribution >= 4 is 33.3 Å². The van der Waals surface area contributed by atoms with Gasteiger partial charge in [0.1, 0.15) is 0 Å². The smallest absolute Gasteiger partial charge is 0.299 e. The fourth-order valence-corrected chi connectivity index (χ4v) is 2.79. The zero-order valence-electron chi connectivity index (χ0n) is 11.4. The number of ketones is 1. The lowest BCUT2D eigenvalue weighted by atomic mass is 10.1. The summed E-state index contributed by atoms with van der Waals surface area (Å²) in [7, 11) is 1.60. The number of rotatable bonds is 6. The van der Waals surface area contributed by atoms with Crippen molar-refractivity contribution in [1.29, 1.82) is 0 Å². The maximum Gasteiger partial charge on any atom is 0.299 e. The lowest BCUT2D eigenvalue weighted by Gasteiger charge is -2.18. The summed E-state index contributed by atoms with van der Waals surface area (Å²) in [4.78, 5) is 25.5. The van der Waals surface area contributed by atoms with E-state index in [1.165, 1.54) is 4.90 Å². The third kappa shape index (κ3) is 2.92. The van der Waals surface area contributed by atoms with E-state index in [9.17, 15) is 9.59 Å². The minimum absolute atomic E-state index is 0.365. The molecule has 1 aliphatic heterocycles. The van der Waals surface area contributed by atoms with Gasteiger partial charge in [-0.15, -0.1) is 0 Å². The highest BCUT2D eigenvalue weighted by atomic mass is 79.9. The van der Waals surface area contributed by atoms with Crippen LogP contribution in [0.4, 0.5) is 5.69 Å². The Morgan fingerprint density at radius 2 is 1.95 bits per heavy atom. The second-order valence-corrected chi connectivity index (χ2v) is 5.43. The van der Waals surface area contributed by atoms with E-state index in [1.54, 1.807) is 13.2 Å². The van der Waals surface area contributed by atoms with Crippen LogP contribution in [0.3, 0.4) is 0 Å². The summed E-state index contributed by atoms with van der Waals surface area (Å²) in [6.07, 6.45) is 0. The van der Waals surface area contributed by atoms with Crippen molar-refractivity contribution in [2.75, 3.05) is 38.4 Å². The van der Waals surface area contributed by atoms with Gasteiger partial charge in [0.2, 0.25) is 0 Å². The van der Waals surface area contributed by atoms with Crippen molar-refractivity contribution in [2.24, 2.45) is 0 Å². The van der Waals surface area contributed by atoms with Gasteiger partial charge >= 0.3 is 0 Å². The number of benzene rings is 1. The van der Waals surface area contributed by atoms with Crippen molar-refractivity contribution in [2.45, 2.75) is 6.92 Å². The number of aryl methyl sites for hydroxylation is 1. The van der Waals surface area contributed by atoms with Crippen LogP contribution in [0.15, 0.2) is 16.6 Å². The number of fused-ring (bicyclic) bond motifs is 1. The monoisotopic (exact) mass is 341 g/mol. The minimum Gasteiger partial charge on any atom is -0.382 e. The van der Waals surface area contributed by atoms with E-state index in [1.807, 2.05) is 13.0 Å². The number of amides is 1. The van der Waals surface area contributed by atoms with Gasteiger partial charge in [0.25, 0.3) is 11.7 Å². The summed E-state index contributed by atoms with van der Waals surface area (Å²) in [5.41, 5.74) is 2.04. The van der Waals surface area contributed by atoms with Gasteiger partial charge in [-0.25, -0.2) is 0 Å². The van der Waals surface area contributed by atoms with Gasteiger partial charge in [0, 0.05) is 18.1 Å². The Morgan fingerprint density at radius 3 is 2.65 bits per heavy atom. The quantitative estimate of drug-likeness (QED) is 0.586. The van der Waals surface area contributed by atoms with Crippen molar-refractivity contribution in [3.63, 3.8) is 0 Å². The lowest BCUT2D eigenvalue weighted by molar-refractivity contribution is -0.114. The molecule has 0 radical (unpaired) electrons. The molecule has 2 rings (SSSR count). The maximum atomic E-state index is 12.0. The van der Waals surface area contributed by atoms with Crippen LogP contribution in [-0.4, -0.2) is 45.2 Å². The molecule has 1 aliphatic rings. The summed E-state index contributed by atoms with van der Waals surface area (Å²) in [6.45, 7) is 3.60. The molecule has 0 bridgehead atoms. The number of carbonyl (C=O) groups excluding carboxylic acids is 2. The molecule has 0 aromatic heterocycles. The van der Waals surface area contributed by atoms with Crippen LogP contribution in [0.25, 0.3) is 0 Å². The molecule has 0 spiro atoms. The van der Waals surface area contributed by atoms with Crippen molar-refractivity contribution in [3.05, 3.63) is 27.7 Å². The first-order chi connectivity index (χ1) is 9.56. The highest BCUT2D eigenvalue weighted by Gasteiger charge is 2.36. The third-order valence-electron chi connectivity index (χ3n) is 3.11. The number of anilines is 1. The molecule has 1 aromatic rings. The third-order valence-corrected chi connectivity index (χ3v) is 3.57. The lowest BCUT2D eigenvalue weighted by Crippen LogP contribution is -2.33. The highest BCUT2D eigenvalue weighted by Crippen LogP contribution is 2.34. The van der Waals surface area contributed by atoms with Gasteiger partial charge < -0.3 is 14.4 Å². The van der Waals surface area contributed by atoms with Crippen LogP contribution < -0.4 is 4.90 Å². The van der Waals surface area contributed by atoms with Crippen LogP contribution in [0.2, 0.25) is 0 Å². The first kappa shape index (κ1) is 15.2. The molecule has 1 heterocycles. The van der Waals surface area contributed by atoms with E-state index < -0.39 is 11.7 Å². The number of halogens is 1. The molecule has 0 saturated heterocycles. The molecular weight excluding hydrogens is 326 g/mol. The van der Waals surface area contributed by atoms with Gasteiger partial charge in [0.15, 0.2) is 0 Å². The van der Waals surface area contributed by atoms with Crippen molar-refractivity contribution in [3.8, 4) is 0 Å². The molecule has 6 heteroatoms. The SMILES string of the molecule is COCCOCCN1C(=O)C(=O)c2cc(Br)cc(C)c21. The van der Waals surface area contributed by atoms with Gasteiger partial charge in [-0.1, -0.05) is 15.9 Å². The predicted molar refractivity (Wildman–Crippen MR) is 78.3 cm³/mol. The fourth-order valence-electron chi connectivity index (χ4n) is 2.22. The molecule has 1 amide bonds. The molecule has 0 saturated carbocycles. The zero-order chi connectivity index (χ0) is 14.7. The number of ether oxygens (including phenoxy) is 2. The molecule has 0 atom stereocenters. The first-order valence-corrected chi connectivity index (χ1v) is 7.08. The van der Waals surface area contributed by atoms with Crippen LogP contribution >= 0.6 is 15.9 Å². The maximum absolute atomic E-state index is 12.0. The average Bonchev–Trinajstić information content (AvgIpc) is 2.64. The van der Waals surface area contributed by atoms with Gasteiger partial charge in [-0.3, -0.25) is 9.59 Å². The molecule has 0 unspecified atom stereocenters. The van der Waals surface area contributed by atoms with Crippen molar-refractivity contribution in [1.82, 2.24) is 0 Å². The Kier molecular flexibility index (Phi) is 4.91. The topological polar surface area (TPSA) is 55.8 Å². The van der Waals surface area contributed by atoms with Crippen LogP contribution in [0.1, 0.15) is 15.9 Å². The first-order valence-electron chi connectivity index (χ1n) is 6.29. The van der Waals surface area contributed by atoms with Gasteiger partial charge in [-0.2, -0.15) is 0 Å². The average molecular weight is 342 g/mol. The number of hydrogen-bond acceptors (Lipinski definition) is 4. The molecular formula is C14H16BrNO4. The van der Waals surface area contributed by atoms with E-state index in [0.29, 0.717) is 37.6 Å². The van der Waals surface area contributed by atoms with Crippen LogP contribution in [-0.2, 0) is 14.3 Å². The van der Waals surface area contributed by atoms with Crippen LogP contribution in [0.5, 0.6) is 0 Å². The normalized spacial score (nSPS) is 14.1. The predicted octanol–water partition coefficient (Wildman–Crippen LogP) is 1.95. The standard InChI is InChI=1S/C14H16BrNO4/c1-9-7-10(15)8-11-12(9)16(14(18)13(11)17)3-4-20-6-5-19-2/h7-8H,3-6H2,1-2H3. The molecule has 1 aromatic carbocycles. The minimum atomic E-state index is -0.489. The summed E-state index contributed by atoms with van der Waals surface area (Å²) < 4.78 is 11.0. The molecule has 0 aliphatic carbocycles. The Bertz CT molecular complexity index is 544. The number of methoxy groups -OCH3 is 1. The molecule has 108 valence electrons. The van der Waals surface area contributed by atoms with E-state index in [2.05, 4.69) is 15.9 Å². The Hall–Kier alpha value is -1.24. The largest absolute Gasteiger partial charge is 0.382 e. The number of hydrogen-bond donors (Lipinski definition) is 0. The van der Waals surface area contributed by atoms with Crippen LogP contribution in [0, 0.1) is 6.92 Å². The Morgan fingerprint density at radius 1 is 1.20 bits per heavy atom. The van der Waals surface area contributed by atoms with Crippen molar-refractivity contribution < 1.29 is 19.1 Å². The summed E-state index contributed by atoms with van der Waals surface area (Å²) in [5.74, 6) is -0.946. The zero-order valence-corrected chi connectivity index (χ0v) is 13.0. The van der Waals surface area contributed by atoms with E-state index in [4.69, 9.17) is 9.47 Å². The fraction of sp³-hybridized carbons (Fsp3) is 0.429. The molecule has 0 N–H and O–H groups in total. The highest BCUT2D eigenvalue weighted by molar-refractivity contribution is 9.10. The summed E-state index contributed by atoms with van der Waals surface area (Å²) in [5, 5.41) is 0. The van der Waals surface area contributed by atoms with E-state index >= 15 is 0 Å². The number of nitrogens with zero attached hydrogens (tertiary/aromatic N) is 1. The molecule has 20 heavy (non-hydrogen) atoms. The second-order valence-electron chi connectivity index (χ2n) is 4.51. The summed E-state index contributed by atoms with van der Waals surface area (Å²) in [6, 6.07) is 3.58. The Labute approximate surface area is 126 Å². The number of carbonyl (C=O) groups is 2. The Balaban J connectivity index is 2.12. The molecule has 0 fully saturated rings. The number of Topliss-reactive ketones (excluding diaryl/α,β-unsaturated/α-hetero) is 1. The van der Waals surface area contributed by atoms with Gasteiger partial charge in [0.05, 0.1) is 31.1 Å². The van der Waals surface area contributed by atoms with E-state index in [0.717, 1.165) is 10.0 Å². The molecule has 5 nitrogen and oxygen atoms in total. The van der Waals surface area contributed by atoms with Gasteiger partial charge in [-0.05, 0) is 24.6 Å². The van der Waals surface area contributed by atoms with E-state index in [-0.39, 0.29) is 0 Å². The second kappa shape index (κ2) is 6.47.